The van der Waals surface area contributed by atoms with Crippen molar-refractivity contribution in [3.05, 3.63) is 35.1 Å². The molecule has 0 aliphatic carbocycles. The van der Waals surface area contributed by atoms with Crippen molar-refractivity contribution in [2.75, 3.05) is 33.4 Å². The summed E-state index contributed by atoms with van der Waals surface area (Å²) in [6.45, 7) is 3.18. The van der Waals surface area contributed by atoms with Crippen molar-refractivity contribution in [1.29, 1.82) is 0 Å². The van der Waals surface area contributed by atoms with Crippen molar-refractivity contribution < 1.29 is 14.2 Å². The first-order chi connectivity index (χ1) is 10.2. The molecule has 1 fully saturated rings. The van der Waals surface area contributed by atoms with E-state index in [9.17, 15) is 4.39 Å². The predicted octanol–water partition coefficient (Wildman–Crippen LogP) is 2.03. The van der Waals surface area contributed by atoms with E-state index in [1.54, 1.807) is 6.07 Å². The summed E-state index contributed by atoms with van der Waals surface area (Å²) in [7, 11) is 2.06. The quantitative estimate of drug-likeness (QED) is 0.862. The van der Waals surface area contributed by atoms with Crippen LogP contribution in [0.3, 0.4) is 0 Å². The van der Waals surface area contributed by atoms with E-state index >= 15 is 0 Å². The third kappa shape index (κ3) is 5.47. The molecule has 2 rings (SSSR count). The summed E-state index contributed by atoms with van der Waals surface area (Å²) in [5.41, 5.74) is 1.52. The molecule has 1 aliphatic heterocycles. The van der Waals surface area contributed by atoms with E-state index in [0.717, 1.165) is 38.2 Å². The largest absolute Gasteiger partial charge is 0.384 e. The first-order valence-electron chi connectivity index (χ1n) is 7.33. The maximum absolute atomic E-state index is 13.6. The van der Waals surface area contributed by atoms with Crippen LogP contribution in [-0.2, 0) is 11.3 Å². The molecule has 0 unspecified atom stereocenters. The van der Waals surface area contributed by atoms with Crippen LogP contribution < -0.4 is 0 Å². The molecule has 1 saturated heterocycles. The predicted molar refractivity (Wildman–Crippen MR) is 80.2 cm³/mol. The molecule has 114 valence electrons. The normalized spacial score (nSPS) is 15.8. The number of benzene rings is 1. The van der Waals surface area contributed by atoms with Crippen LogP contribution in [-0.4, -0.2) is 43.4 Å². The van der Waals surface area contributed by atoms with Crippen LogP contribution in [0.25, 0.3) is 0 Å². The van der Waals surface area contributed by atoms with E-state index in [2.05, 4.69) is 23.8 Å². The van der Waals surface area contributed by atoms with Gasteiger partial charge in [0.1, 0.15) is 12.4 Å². The second-order valence-corrected chi connectivity index (χ2v) is 5.56. The summed E-state index contributed by atoms with van der Waals surface area (Å²) in [5, 5.41) is 8.71. The maximum atomic E-state index is 13.6. The molecule has 0 spiro atoms. The van der Waals surface area contributed by atoms with E-state index in [1.165, 1.54) is 6.07 Å². The third-order valence-corrected chi connectivity index (χ3v) is 3.63. The van der Waals surface area contributed by atoms with Crippen molar-refractivity contribution in [1.82, 2.24) is 4.90 Å². The number of halogens is 1. The van der Waals surface area contributed by atoms with Crippen LogP contribution in [0.2, 0.25) is 0 Å². The molecular weight excluding hydrogens is 269 g/mol. The van der Waals surface area contributed by atoms with Crippen molar-refractivity contribution in [2.45, 2.75) is 19.4 Å². The molecular formula is C17H22FNO2. The second kappa shape index (κ2) is 8.14. The average molecular weight is 291 g/mol. The fourth-order valence-corrected chi connectivity index (χ4v) is 2.70. The molecule has 1 aromatic carbocycles. The molecule has 0 radical (unpaired) electrons. The van der Waals surface area contributed by atoms with Gasteiger partial charge in [-0.3, -0.25) is 0 Å². The van der Waals surface area contributed by atoms with Gasteiger partial charge in [0, 0.05) is 31.9 Å². The van der Waals surface area contributed by atoms with E-state index in [1.807, 2.05) is 6.07 Å². The summed E-state index contributed by atoms with van der Waals surface area (Å²) in [4.78, 5) is 2.22. The van der Waals surface area contributed by atoms with Gasteiger partial charge in [-0.1, -0.05) is 11.8 Å². The van der Waals surface area contributed by atoms with Crippen molar-refractivity contribution in [3.63, 3.8) is 0 Å². The Balaban J connectivity index is 1.96. The SMILES string of the molecule is CN(Cc1cc(F)cc(C#CCO)c1)CC1CCOCC1. The molecule has 3 nitrogen and oxygen atoms in total. The zero-order valence-electron chi connectivity index (χ0n) is 12.4. The Morgan fingerprint density at radius 3 is 2.81 bits per heavy atom. The molecule has 0 atom stereocenters. The van der Waals surface area contributed by atoms with Crippen molar-refractivity contribution in [2.24, 2.45) is 5.92 Å². The van der Waals surface area contributed by atoms with Crippen LogP contribution in [0, 0.1) is 23.6 Å². The van der Waals surface area contributed by atoms with Gasteiger partial charge in [0.25, 0.3) is 0 Å². The molecule has 0 amide bonds. The number of ether oxygens (including phenoxy) is 1. The lowest BCUT2D eigenvalue weighted by atomic mass is 9.99. The molecule has 4 heteroatoms. The Kier molecular flexibility index (Phi) is 6.19. The monoisotopic (exact) mass is 291 g/mol. The molecule has 1 aliphatic rings. The number of hydrogen-bond donors (Lipinski definition) is 1. The Labute approximate surface area is 125 Å². The van der Waals surface area contributed by atoms with E-state index in [0.29, 0.717) is 18.0 Å². The van der Waals surface area contributed by atoms with Gasteiger partial charge in [-0.15, -0.1) is 0 Å². The Morgan fingerprint density at radius 2 is 2.10 bits per heavy atom. The highest BCUT2D eigenvalue weighted by atomic mass is 19.1. The minimum absolute atomic E-state index is 0.213. The standard InChI is InChI=1S/C17H22FNO2/c1-19(12-14-4-7-21-8-5-14)13-16-9-15(3-2-6-20)10-17(18)11-16/h9-11,14,20H,4-8,12-13H2,1H3. The topological polar surface area (TPSA) is 32.7 Å². The summed E-state index contributed by atoms with van der Waals surface area (Å²) >= 11 is 0. The number of aliphatic hydroxyl groups is 1. The highest BCUT2D eigenvalue weighted by molar-refractivity contribution is 5.37. The van der Waals surface area contributed by atoms with E-state index in [4.69, 9.17) is 9.84 Å². The lowest BCUT2D eigenvalue weighted by Crippen LogP contribution is -2.29. The number of rotatable bonds is 4. The third-order valence-electron chi connectivity index (χ3n) is 3.63. The van der Waals surface area contributed by atoms with E-state index < -0.39 is 0 Å². The molecule has 1 N–H and O–H groups in total. The summed E-state index contributed by atoms with van der Waals surface area (Å²) < 4.78 is 19.0. The molecule has 0 bridgehead atoms. The van der Waals surface area contributed by atoms with Crippen LogP contribution in [0.4, 0.5) is 4.39 Å². The van der Waals surface area contributed by atoms with Crippen LogP contribution >= 0.6 is 0 Å². The molecule has 0 aromatic heterocycles. The van der Waals surface area contributed by atoms with Gasteiger partial charge < -0.3 is 14.7 Å². The summed E-state index contributed by atoms with van der Waals surface area (Å²) in [5.74, 6) is 5.68. The fourth-order valence-electron chi connectivity index (χ4n) is 2.70. The molecule has 0 saturated carbocycles. The van der Waals surface area contributed by atoms with Gasteiger partial charge in [-0.2, -0.15) is 0 Å². The Hall–Kier alpha value is -1.41. The summed E-state index contributed by atoms with van der Waals surface area (Å²) in [6, 6.07) is 4.82. The van der Waals surface area contributed by atoms with Crippen LogP contribution in [0.15, 0.2) is 18.2 Å². The lowest BCUT2D eigenvalue weighted by Gasteiger charge is -2.27. The van der Waals surface area contributed by atoms with Gasteiger partial charge in [-0.25, -0.2) is 4.39 Å². The van der Waals surface area contributed by atoms with Crippen molar-refractivity contribution in [3.8, 4) is 11.8 Å². The van der Waals surface area contributed by atoms with Gasteiger partial charge in [0.2, 0.25) is 0 Å². The van der Waals surface area contributed by atoms with Gasteiger partial charge in [0.15, 0.2) is 0 Å². The Morgan fingerprint density at radius 1 is 1.33 bits per heavy atom. The fraction of sp³-hybridized carbons (Fsp3) is 0.529. The number of aliphatic hydroxyl groups excluding tert-OH is 1. The smallest absolute Gasteiger partial charge is 0.124 e. The lowest BCUT2D eigenvalue weighted by molar-refractivity contribution is 0.0549. The summed E-state index contributed by atoms with van der Waals surface area (Å²) in [6.07, 6.45) is 2.20. The first-order valence-corrected chi connectivity index (χ1v) is 7.33. The van der Waals surface area contributed by atoms with Gasteiger partial charge >= 0.3 is 0 Å². The minimum Gasteiger partial charge on any atom is -0.384 e. The molecule has 1 heterocycles. The zero-order valence-corrected chi connectivity index (χ0v) is 12.4. The zero-order chi connectivity index (χ0) is 15.1. The number of nitrogens with zero attached hydrogens (tertiary/aromatic N) is 1. The number of hydrogen-bond acceptors (Lipinski definition) is 3. The van der Waals surface area contributed by atoms with Gasteiger partial charge in [-0.05, 0) is 49.6 Å². The van der Waals surface area contributed by atoms with Gasteiger partial charge in [0.05, 0.1) is 0 Å². The van der Waals surface area contributed by atoms with E-state index in [-0.39, 0.29) is 12.4 Å². The molecule has 21 heavy (non-hydrogen) atoms. The second-order valence-electron chi connectivity index (χ2n) is 5.56. The van der Waals surface area contributed by atoms with Crippen LogP contribution in [0.5, 0.6) is 0 Å². The minimum atomic E-state index is -0.283. The first kappa shape index (κ1) is 16.0. The highest BCUT2D eigenvalue weighted by Gasteiger charge is 2.16. The average Bonchev–Trinajstić information content (AvgIpc) is 2.45. The maximum Gasteiger partial charge on any atom is 0.124 e. The van der Waals surface area contributed by atoms with Crippen LogP contribution in [0.1, 0.15) is 24.0 Å². The highest BCUT2D eigenvalue weighted by Crippen LogP contribution is 2.17. The molecule has 1 aromatic rings. The Bertz CT molecular complexity index is 515. The van der Waals surface area contributed by atoms with Crippen molar-refractivity contribution >= 4 is 0 Å².